The zero-order chi connectivity index (χ0) is 34.9. The normalized spacial score (nSPS) is 47.2. The monoisotopic (exact) mass is 726 g/mol. The lowest BCUT2D eigenvalue weighted by atomic mass is 9.56. The molecule has 5 saturated heterocycles. The Bertz CT molecular complexity index is 1490. The van der Waals surface area contributed by atoms with Crippen molar-refractivity contribution in [1.82, 2.24) is 15.5 Å². The number of ether oxygens (including phenoxy) is 3. The zero-order valence-corrected chi connectivity index (χ0v) is 31.4. The first-order valence-corrected chi connectivity index (χ1v) is 21.3. The minimum atomic E-state index is -0.940. The van der Waals surface area contributed by atoms with Crippen molar-refractivity contribution in [2.24, 2.45) is 41.2 Å². The summed E-state index contributed by atoms with van der Waals surface area (Å²) in [5, 5.41) is 7.21. The summed E-state index contributed by atoms with van der Waals surface area (Å²) in [4.78, 5) is 42.5. The lowest BCUT2D eigenvalue weighted by molar-refractivity contribution is -0.229. The van der Waals surface area contributed by atoms with E-state index in [1.807, 2.05) is 35.6 Å². The lowest BCUT2D eigenvalue weighted by Gasteiger charge is -2.58. The smallest absolute Gasteiger partial charge is 0.334 e. The first-order chi connectivity index (χ1) is 24.0. The predicted molar refractivity (Wildman–Crippen MR) is 195 cm³/mol. The average Bonchev–Trinajstić information content (AvgIpc) is 3.45. The molecule has 14 atom stereocenters. The summed E-state index contributed by atoms with van der Waals surface area (Å²) < 4.78 is 20.1. The number of amides is 1. The topological polar surface area (TPSA) is 132 Å². The molecule has 0 aromatic carbocycles. The molecule has 0 aromatic rings. The van der Waals surface area contributed by atoms with Crippen LogP contribution in [0.15, 0.2) is 35.5 Å². The molecule has 8 aliphatic rings. The molecular formula is C38H54N4O6S2. The number of nitrogens with two attached hydrogens (primary N) is 1. The highest BCUT2D eigenvalue weighted by Gasteiger charge is 2.68. The lowest BCUT2D eigenvalue weighted by Crippen LogP contribution is -2.69. The molecule has 274 valence electrons. The first kappa shape index (κ1) is 35.2. The highest BCUT2D eigenvalue weighted by atomic mass is 33.1. The molecule has 7 unspecified atom stereocenters. The number of hydrogen-bond donors (Lipinski definition) is 3. The van der Waals surface area contributed by atoms with E-state index >= 15 is 0 Å². The molecule has 1 saturated carbocycles. The highest BCUT2D eigenvalue weighted by Crippen LogP contribution is 2.62. The van der Waals surface area contributed by atoms with Crippen molar-refractivity contribution in [2.45, 2.75) is 119 Å². The molecule has 5 aliphatic heterocycles. The fourth-order valence-corrected chi connectivity index (χ4v) is 14.0. The van der Waals surface area contributed by atoms with Gasteiger partial charge in [-0.2, -0.15) is 0 Å². The number of nitrogens with zero attached hydrogens (tertiary/aromatic N) is 1. The number of piperidine rings is 1. The third-order valence-corrected chi connectivity index (χ3v) is 16.6. The summed E-state index contributed by atoms with van der Waals surface area (Å²) in [5.41, 5.74) is 6.88. The molecular weight excluding hydrogens is 673 g/mol. The van der Waals surface area contributed by atoms with Gasteiger partial charge in [-0.1, -0.05) is 51.5 Å². The largest absolute Gasteiger partial charge is 0.462 e. The third-order valence-electron chi connectivity index (χ3n) is 13.9. The quantitative estimate of drug-likeness (QED) is 0.168. The number of fused-ring (bicyclic) bond motifs is 6. The summed E-state index contributed by atoms with van der Waals surface area (Å²) in [6.07, 6.45) is 13.7. The second-order valence-electron chi connectivity index (χ2n) is 16.5. The van der Waals surface area contributed by atoms with E-state index in [0.29, 0.717) is 56.1 Å². The van der Waals surface area contributed by atoms with Crippen LogP contribution in [0.2, 0.25) is 0 Å². The van der Waals surface area contributed by atoms with Crippen LogP contribution in [0.1, 0.15) is 72.1 Å². The van der Waals surface area contributed by atoms with Crippen LogP contribution in [-0.4, -0.2) is 95.5 Å². The standard InChI is InChI=1S/C38H54N4O6S2/c1-5-20(2)36(45)48-37(3)11-10-22-19-49-50-30-8-7-27(40-4)26-18-42(35(26)30)32(43)13-24-17-41-31(39)14-25(24)34(22)38(37)16-23-12-21-6-9-33(44)46-28(21)15-29(23)47-38/h5,7-8,10,21,23-31,34-35,40-41H,6,9,11-19,39H2,1-4H3/t21?,23?,24?,25?,26-,27-,28?,29?,30-,31?,34-,35+,37-,38-/m0/s1. The second kappa shape index (κ2) is 13.5. The fourth-order valence-electron chi connectivity index (χ4n) is 11.1. The molecule has 0 radical (unpaired) electrons. The van der Waals surface area contributed by atoms with Crippen molar-refractivity contribution in [3.05, 3.63) is 35.5 Å². The second-order valence-corrected chi connectivity index (χ2v) is 19.0. The molecule has 5 heterocycles. The van der Waals surface area contributed by atoms with Crippen molar-refractivity contribution in [3.8, 4) is 0 Å². The summed E-state index contributed by atoms with van der Waals surface area (Å²) in [7, 11) is 5.78. The summed E-state index contributed by atoms with van der Waals surface area (Å²) >= 11 is 0. The van der Waals surface area contributed by atoms with Gasteiger partial charge in [-0.3, -0.25) is 9.59 Å². The maximum atomic E-state index is 14.3. The number of carbonyl (C=O) groups is 3. The van der Waals surface area contributed by atoms with E-state index in [1.165, 1.54) is 5.57 Å². The Morgan fingerprint density at radius 1 is 1.16 bits per heavy atom. The average molecular weight is 727 g/mol. The number of carbonyl (C=O) groups excluding carboxylic acids is 3. The van der Waals surface area contributed by atoms with E-state index in [-0.39, 0.29) is 77.2 Å². The Hall–Kier alpha value is -1.83. The molecule has 4 N–H and O–H groups in total. The van der Waals surface area contributed by atoms with Crippen molar-refractivity contribution in [2.75, 3.05) is 25.9 Å². The number of nitrogens with one attached hydrogen (secondary N) is 2. The highest BCUT2D eigenvalue weighted by molar-refractivity contribution is 8.77. The number of esters is 2. The van der Waals surface area contributed by atoms with Crippen LogP contribution in [0.25, 0.3) is 0 Å². The summed E-state index contributed by atoms with van der Waals surface area (Å²) in [6.45, 7) is 7.19. The fraction of sp³-hybridized carbons (Fsp3) is 0.763. The van der Waals surface area contributed by atoms with E-state index in [9.17, 15) is 14.4 Å². The zero-order valence-electron chi connectivity index (χ0n) is 29.8. The maximum absolute atomic E-state index is 14.3. The van der Waals surface area contributed by atoms with Crippen molar-refractivity contribution in [1.29, 1.82) is 0 Å². The van der Waals surface area contributed by atoms with Crippen LogP contribution in [0.5, 0.6) is 0 Å². The molecule has 1 spiro atoms. The van der Waals surface area contributed by atoms with Gasteiger partial charge in [0, 0.05) is 68.0 Å². The Morgan fingerprint density at radius 3 is 2.80 bits per heavy atom. The molecule has 1 amide bonds. The Morgan fingerprint density at radius 2 is 2.00 bits per heavy atom. The van der Waals surface area contributed by atoms with Crippen molar-refractivity contribution >= 4 is 39.4 Å². The van der Waals surface area contributed by atoms with Crippen LogP contribution in [0, 0.1) is 35.5 Å². The van der Waals surface area contributed by atoms with Gasteiger partial charge in [0.05, 0.1) is 23.6 Å². The van der Waals surface area contributed by atoms with Gasteiger partial charge >= 0.3 is 11.9 Å². The van der Waals surface area contributed by atoms with Crippen LogP contribution in [-0.2, 0) is 28.6 Å². The van der Waals surface area contributed by atoms with Gasteiger partial charge in [-0.05, 0) is 77.2 Å². The van der Waals surface area contributed by atoms with Crippen LogP contribution >= 0.6 is 21.6 Å². The minimum Gasteiger partial charge on any atom is -0.462 e. The van der Waals surface area contributed by atoms with E-state index in [0.717, 1.165) is 31.6 Å². The SMILES string of the molecule is CC=C(C)C(=O)O[C@@]1(C)CC=C2CSS[C@H]3C=C[C@H](NC)[C@@H]4CN(C(=O)CC5CNC(N)CC5[C@H]2[C@@]12CC1CC5CCC(=O)OC5CC1O2)[C@H]43. The van der Waals surface area contributed by atoms with Gasteiger partial charge < -0.3 is 35.5 Å². The number of allylic oxidation sites excluding steroid dienone is 1. The Balaban J connectivity index is 1.20. The third kappa shape index (κ3) is 5.82. The van der Waals surface area contributed by atoms with Crippen LogP contribution in [0.4, 0.5) is 0 Å². The van der Waals surface area contributed by atoms with E-state index < -0.39 is 11.2 Å². The van der Waals surface area contributed by atoms with Gasteiger partial charge in [-0.15, -0.1) is 0 Å². The molecule has 0 aromatic heterocycles. The van der Waals surface area contributed by atoms with Gasteiger partial charge in [0.2, 0.25) is 5.91 Å². The molecule has 10 nitrogen and oxygen atoms in total. The van der Waals surface area contributed by atoms with Crippen molar-refractivity contribution in [3.63, 3.8) is 0 Å². The molecule has 6 fully saturated rings. The van der Waals surface area contributed by atoms with Gasteiger partial charge in [0.25, 0.3) is 0 Å². The van der Waals surface area contributed by atoms with Gasteiger partial charge in [-0.25, -0.2) is 4.79 Å². The first-order valence-electron chi connectivity index (χ1n) is 18.9. The number of hydrogen-bond acceptors (Lipinski definition) is 11. The van der Waals surface area contributed by atoms with E-state index in [4.69, 9.17) is 19.9 Å². The summed E-state index contributed by atoms with van der Waals surface area (Å²) in [6, 6.07) is 0.478. The molecule has 0 bridgehead atoms. The van der Waals surface area contributed by atoms with Gasteiger partial charge in [0.1, 0.15) is 17.3 Å². The minimum absolute atomic E-state index is 0.0477. The molecule has 3 aliphatic carbocycles. The molecule has 12 heteroatoms. The maximum Gasteiger partial charge on any atom is 0.334 e. The summed E-state index contributed by atoms with van der Waals surface area (Å²) in [5.74, 6) is 1.63. The van der Waals surface area contributed by atoms with E-state index in [1.54, 1.807) is 13.0 Å². The van der Waals surface area contributed by atoms with Crippen LogP contribution in [0.3, 0.4) is 0 Å². The number of rotatable bonds is 3. The Labute approximate surface area is 304 Å². The van der Waals surface area contributed by atoms with Crippen LogP contribution < -0.4 is 16.4 Å². The predicted octanol–water partition coefficient (Wildman–Crippen LogP) is 4.11. The number of likely N-dealkylation sites (N-methyl/N-ethyl adjacent to an activating group) is 1. The van der Waals surface area contributed by atoms with Crippen molar-refractivity contribution < 1.29 is 28.6 Å². The molecule has 50 heavy (non-hydrogen) atoms. The molecule has 8 rings (SSSR count). The Kier molecular flexibility index (Phi) is 9.54. The van der Waals surface area contributed by atoms with Gasteiger partial charge in [0.15, 0.2) is 0 Å². The van der Waals surface area contributed by atoms with E-state index in [2.05, 4.69) is 40.7 Å².